The van der Waals surface area contributed by atoms with Gasteiger partial charge in [0.05, 0.1) is 37.5 Å². The Morgan fingerprint density at radius 1 is 0.852 bits per heavy atom. The number of carbonyl (C=O) groups excluding carboxylic acids is 6. The van der Waals surface area contributed by atoms with Crippen molar-refractivity contribution < 1.29 is 43.0 Å². The number of aryl methyl sites for hydroxylation is 1. The largest absolute Gasteiger partial charge is 0.496 e. The second-order valence-corrected chi connectivity index (χ2v) is 16.1. The maximum atomic E-state index is 13.3. The third-order valence-corrected chi connectivity index (χ3v) is 11.5. The summed E-state index contributed by atoms with van der Waals surface area (Å²) in [7, 11) is 8.97. The van der Waals surface area contributed by atoms with Crippen LogP contribution < -0.4 is 30.4 Å². The van der Waals surface area contributed by atoms with E-state index in [2.05, 4.69) is 10.6 Å². The Morgan fingerprint density at radius 3 is 2.21 bits per heavy atom. The lowest BCUT2D eigenvalue weighted by atomic mass is 9.91. The predicted octanol–water partition coefficient (Wildman–Crippen LogP) is 4.37. The highest BCUT2D eigenvalue weighted by molar-refractivity contribution is 6.24. The molecule has 1 unspecified atom stereocenters. The van der Waals surface area contributed by atoms with Gasteiger partial charge in [-0.15, -0.1) is 0 Å². The lowest BCUT2D eigenvalue weighted by molar-refractivity contribution is -0.136. The van der Waals surface area contributed by atoms with Gasteiger partial charge in [-0.3, -0.25) is 39.0 Å². The Balaban J connectivity index is 0.884. The van der Waals surface area contributed by atoms with E-state index in [1.54, 1.807) is 36.8 Å². The number of hydrogen-bond acceptors (Lipinski definition) is 11. The Morgan fingerprint density at radius 2 is 1.54 bits per heavy atom. The van der Waals surface area contributed by atoms with Crippen LogP contribution in [0.2, 0.25) is 0 Å². The standard InChI is InChI=1S/C45H56N6O10/c1-48(2)24-34-37(59-4)22-28(23-38(34)60-5)32-25-49(3)42(55)33-26-50(21-19-30(32)33)45(58)46-20-12-10-8-6-7-9-11-14-29(52)27-61-36-16-13-15-31-40(36)44(57)51(43(31)56)35-17-18-39(53)47-41(35)54/h13,15-16,22-23,25,35H,6-12,14,17-21,24,26-27H2,1-5H3,(H,46,58)(H,47,53,54). The van der Waals surface area contributed by atoms with Crippen LogP contribution in [0.25, 0.3) is 11.1 Å². The Hall–Kier alpha value is -6.03. The number of hydrogen-bond donors (Lipinski definition) is 2. The number of ether oxygens (including phenoxy) is 3. The summed E-state index contributed by atoms with van der Waals surface area (Å²) in [5.74, 6) is -1.07. The Kier molecular flexibility index (Phi) is 14.6. The molecule has 2 aromatic carbocycles. The molecule has 3 aromatic rings. The summed E-state index contributed by atoms with van der Waals surface area (Å²) in [6.07, 6.45) is 9.08. The zero-order chi connectivity index (χ0) is 43.8. The van der Waals surface area contributed by atoms with Gasteiger partial charge in [0.2, 0.25) is 11.8 Å². The summed E-state index contributed by atoms with van der Waals surface area (Å²) in [5.41, 5.74) is 4.28. The number of amides is 6. The van der Waals surface area contributed by atoms with E-state index in [9.17, 15) is 33.6 Å². The van der Waals surface area contributed by atoms with Crippen LogP contribution in [-0.2, 0) is 40.9 Å². The molecule has 16 heteroatoms. The fourth-order valence-corrected chi connectivity index (χ4v) is 8.31. The topological polar surface area (TPSA) is 186 Å². The number of carbonyl (C=O) groups is 6. The fourth-order valence-electron chi connectivity index (χ4n) is 8.31. The number of pyridine rings is 1. The second kappa shape index (κ2) is 20.0. The monoisotopic (exact) mass is 840 g/mol. The summed E-state index contributed by atoms with van der Waals surface area (Å²) >= 11 is 0. The van der Waals surface area contributed by atoms with Crippen molar-refractivity contribution in [2.45, 2.75) is 89.8 Å². The highest BCUT2D eigenvalue weighted by Crippen LogP contribution is 2.38. The van der Waals surface area contributed by atoms with E-state index in [-0.39, 0.29) is 60.2 Å². The van der Waals surface area contributed by atoms with Gasteiger partial charge in [-0.05, 0) is 75.2 Å². The first-order chi connectivity index (χ1) is 29.3. The van der Waals surface area contributed by atoms with E-state index in [0.717, 1.165) is 65.7 Å². The molecule has 0 bridgehead atoms. The lowest BCUT2D eigenvalue weighted by Crippen LogP contribution is -2.54. The van der Waals surface area contributed by atoms with Crippen molar-refractivity contribution in [2.75, 3.05) is 48.0 Å². The summed E-state index contributed by atoms with van der Waals surface area (Å²) in [6, 6.07) is 7.25. The van der Waals surface area contributed by atoms with Crippen LogP contribution in [0, 0.1) is 0 Å². The molecule has 3 aliphatic heterocycles. The minimum atomic E-state index is -1.08. The van der Waals surface area contributed by atoms with Gasteiger partial charge in [0.25, 0.3) is 17.4 Å². The number of ketones is 1. The summed E-state index contributed by atoms with van der Waals surface area (Å²) in [5, 5.41) is 5.20. The molecule has 1 saturated heterocycles. The van der Waals surface area contributed by atoms with Crippen LogP contribution >= 0.6 is 0 Å². The highest BCUT2D eigenvalue weighted by Gasteiger charge is 2.46. The molecule has 4 heterocycles. The van der Waals surface area contributed by atoms with Crippen molar-refractivity contribution in [1.29, 1.82) is 0 Å². The van der Waals surface area contributed by atoms with E-state index in [1.165, 1.54) is 12.1 Å². The minimum absolute atomic E-state index is 0.0184. The summed E-state index contributed by atoms with van der Waals surface area (Å²) in [6.45, 7) is 1.64. The molecule has 0 aliphatic carbocycles. The normalized spacial score (nSPS) is 16.1. The SMILES string of the molecule is COc1cc(-c2cn(C)c(=O)c3c2CCN(C(=O)NCCCCCCCCCC(=O)COc2cccc4c2C(=O)N(C2CCC(=O)NC2=O)C4=O)C3)cc(OC)c1CN(C)C. The van der Waals surface area contributed by atoms with E-state index in [1.807, 2.05) is 37.3 Å². The molecule has 1 aromatic heterocycles. The molecule has 2 N–H and O–H groups in total. The molecule has 326 valence electrons. The number of aromatic nitrogens is 1. The van der Waals surface area contributed by atoms with Crippen molar-refractivity contribution in [2.24, 2.45) is 7.05 Å². The molecular weight excluding hydrogens is 785 g/mol. The van der Waals surface area contributed by atoms with E-state index in [0.29, 0.717) is 56.0 Å². The molecular formula is C45H56N6O10. The average molecular weight is 841 g/mol. The van der Waals surface area contributed by atoms with E-state index in [4.69, 9.17) is 14.2 Å². The number of nitrogens with zero attached hydrogens (tertiary/aromatic N) is 4. The number of Topliss-reactive ketones (excluding diaryl/α,β-unsaturated/α-hetero) is 1. The van der Waals surface area contributed by atoms with Crippen molar-refractivity contribution in [1.82, 2.24) is 29.9 Å². The number of rotatable bonds is 19. The van der Waals surface area contributed by atoms with E-state index < -0.39 is 29.7 Å². The predicted molar refractivity (Wildman–Crippen MR) is 226 cm³/mol. The van der Waals surface area contributed by atoms with Crippen molar-refractivity contribution in [3.63, 3.8) is 0 Å². The maximum absolute atomic E-state index is 13.3. The molecule has 0 radical (unpaired) electrons. The smallest absolute Gasteiger partial charge is 0.317 e. The molecule has 61 heavy (non-hydrogen) atoms. The first-order valence-electron chi connectivity index (χ1n) is 21.0. The van der Waals surface area contributed by atoms with Crippen molar-refractivity contribution in [3.8, 4) is 28.4 Å². The third kappa shape index (κ3) is 10.1. The van der Waals surface area contributed by atoms with Crippen LogP contribution in [-0.4, -0.2) is 109 Å². The minimum Gasteiger partial charge on any atom is -0.496 e. The van der Waals surface area contributed by atoms with Crippen molar-refractivity contribution >= 4 is 35.4 Å². The highest BCUT2D eigenvalue weighted by atomic mass is 16.5. The van der Waals surface area contributed by atoms with Gasteiger partial charge in [-0.25, -0.2) is 4.79 Å². The second-order valence-electron chi connectivity index (χ2n) is 16.1. The molecule has 6 rings (SSSR count). The number of benzene rings is 2. The average Bonchev–Trinajstić information content (AvgIpc) is 3.50. The zero-order valence-electron chi connectivity index (χ0n) is 35.7. The molecule has 1 atom stereocenters. The zero-order valence-corrected chi connectivity index (χ0v) is 35.7. The molecule has 0 spiro atoms. The van der Waals surface area contributed by atoms with Gasteiger partial charge in [0.15, 0.2) is 5.78 Å². The Bertz CT molecular complexity index is 2230. The molecule has 1 fully saturated rings. The number of methoxy groups -OCH3 is 2. The van der Waals surface area contributed by atoms with Crippen LogP contribution in [0.15, 0.2) is 41.3 Å². The van der Waals surface area contributed by atoms with Crippen LogP contribution in [0.4, 0.5) is 4.79 Å². The first kappa shape index (κ1) is 44.5. The number of urea groups is 1. The molecule has 6 amide bonds. The lowest BCUT2D eigenvalue weighted by Gasteiger charge is -2.30. The van der Waals surface area contributed by atoms with Gasteiger partial charge >= 0.3 is 6.03 Å². The van der Waals surface area contributed by atoms with Gasteiger partial charge in [0.1, 0.15) is 29.9 Å². The number of fused-ring (bicyclic) bond motifs is 2. The molecule has 3 aliphatic rings. The number of piperidine rings is 1. The Labute approximate surface area is 355 Å². The van der Waals surface area contributed by atoms with Crippen LogP contribution in [0.5, 0.6) is 17.2 Å². The van der Waals surface area contributed by atoms with E-state index >= 15 is 0 Å². The fraction of sp³-hybridized carbons (Fsp3) is 0.489. The van der Waals surface area contributed by atoms with Gasteiger partial charge in [-0.1, -0.05) is 38.2 Å². The molecule has 16 nitrogen and oxygen atoms in total. The molecule has 0 saturated carbocycles. The number of unbranched alkanes of at least 4 members (excludes halogenated alkanes) is 6. The number of nitrogens with one attached hydrogen (secondary N) is 2. The first-order valence-corrected chi connectivity index (χ1v) is 21.0. The van der Waals surface area contributed by atoms with Gasteiger partial charge in [0, 0.05) is 56.8 Å². The van der Waals surface area contributed by atoms with Crippen LogP contribution in [0.3, 0.4) is 0 Å². The third-order valence-electron chi connectivity index (χ3n) is 11.5. The van der Waals surface area contributed by atoms with Gasteiger partial charge < -0.3 is 33.9 Å². The number of imide groups is 2. The van der Waals surface area contributed by atoms with Crippen LogP contribution in [0.1, 0.15) is 102 Å². The van der Waals surface area contributed by atoms with Gasteiger partial charge in [-0.2, -0.15) is 0 Å². The van der Waals surface area contributed by atoms with Crippen molar-refractivity contribution in [3.05, 3.63) is 74.7 Å². The quantitative estimate of drug-likeness (QED) is 0.129. The summed E-state index contributed by atoms with van der Waals surface area (Å²) in [4.78, 5) is 94.0. The maximum Gasteiger partial charge on any atom is 0.317 e. The summed E-state index contributed by atoms with van der Waals surface area (Å²) < 4.78 is 18.8.